The lowest BCUT2D eigenvalue weighted by atomic mass is 9.80. The Morgan fingerprint density at radius 2 is 2.05 bits per heavy atom. The smallest absolute Gasteiger partial charge is 0.126 e. The molecular weight excluding hydrogens is 316 g/mol. The normalized spacial score (nSPS) is 25.6. The Hall–Kier alpha value is -0.580. The maximum Gasteiger partial charge on any atom is 0.126 e. The monoisotopic (exact) mass is 338 g/mol. The van der Waals surface area contributed by atoms with Crippen LogP contribution in [0.15, 0.2) is 22.7 Å². The first-order valence-corrected chi connectivity index (χ1v) is 8.26. The van der Waals surface area contributed by atoms with Crippen molar-refractivity contribution < 1.29 is 4.74 Å². The molecule has 1 aromatic rings. The van der Waals surface area contributed by atoms with Gasteiger partial charge in [0, 0.05) is 41.6 Å². The van der Waals surface area contributed by atoms with Crippen LogP contribution in [0, 0.1) is 0 Å². The van der Waals surface area contributed by atoms with E-state index in [4.69, 9.17) is 10.5 Å². The summed E-state index contributed by atoms with van der Waals surface area (Å²) in [5.41, 5.74) is 7.47. The quantitative estimate of drug-likeness (QED) is 0.851. The zero-order valence-corrected chi connectivity index (χ0v) is 13.8. The third-order valence-electron chi connectivity index (χ3n) is 4.73. The Labute approximate surface area is 129 Å². The van der Waals surface area contributed by atoms with Gasteiger partial charge in [-0.15, -0.1) is 0 Å². The zero-order valence-electron chi connectivity index (χ0n) is 12.2. The first kappa shape index (κ1) is 14.4. The lowest BCUT2D eigenvalue weighted by molar-refractivity contribution is -0.0279. The Bertz CT molecular complexity index is 495. The Kier molecular flexibility index (Phi) is 3.82. The third-order valence-corrected chi connectivity index (χ3v) is 5.23. The second-order valence-corrected chi connectivity index (χ2v) is 7.32. The number of piperidine rings is 1. The largest absolute Gasteiger partial charge is 0.487 e. The van der Waals surface area contributed by atoms with Crippen LogP contribution in [0.3, 0.4) is 0 Å². The molecule has 110 valence electrons. The maximum absolute atomic E-state index is 6.40. The minimum Gasteiger partial charge on any atom is -0.487 e. The van der Waals surface area contributed by atoms with Crippen LogP contribution < -0.4 is 10.5 Å². The molecule has 0 unspecified atom stereocenters. The molecule has 3 nitrogen and oxygen atoms in total. The van der Waals surface area contributed by atoms with Crippen molar-refractivity contribution in [2.45, 2.75) is 50.8 Å². The molecule has 0 radical (unpaired) electrons. The van der Waals surface area contributed by atoms with Crippen LogP contribution in [-0.2, 0) is 0 Å². The van der Waals surface area contributed by atoms with Crippen molar-refractivity contribution in [3.63, 3.8) is 0 Å². The Morgan fingerprint density at radius 1 is 1.35 bits per heavy atom. The second kappa shape index (κ2) is 5.32. The molecule has 4 heteroatoms. The van der Waals surface area contributed by atoms with Gasteiger partial charge in [-0.05, 0) is 38.8 Å². The van der Waals surface area contributed by atoms with Crippen molar-refractivity contribution in [2.24, 2.45) is 5.73 Å². The van der Waals surface area contributed by atoms with Crippen molar-refractivity contribution in [1.29, 1.82) is 0 Å². The number of hydrogen-bond acceptors (Lipinski definition) is 3. The first-order chi connectivity index (χ1) is 9.49. The molecule has 2 aliphatic heterocycles. The van der Waals surface area contributed by atoms with E-state index in [1.807, 2.05) is 6.07 Å². The van der Waals surface area contributed by atoms with Gasteiger partial charge in [-0.2, -0.15) is 0 Å². The summed E-state index contributed by atoms with van der Waals surface area (Å²) in [6, 6.07) is 6.90. The lowest BCUT2D eigenvalue weighted by Gasteiger charge is -2.47. The molecule has 0 saturated carbocycles. The fourth-order valence-electron chi connectivity index (χ4n) is 3.44. The molecule has 0 amide bonds. The molecule has 20 heavy (non-hydrogen) atoms. The summed E-state index contributed by atoms with van der Waals surface area (Å²) in [5, 5.41) is 0. The zero-order chi connectivity index (χ0) is 14.3. The highest BCUT2D eigenvalue weighted by Crippen LogP contribution is 2.44. The number of ether oxygens (including phenoxy) is 1. The van der Waals surface area contributed by atoms with Gasteiger partial charge in [-0.3, -0.25) is 0 Å². The van der Waals surface area contributed by atoms with Crippen molar-refractivity contribution in [3.05, 3.63) is 28.2 Å². The molecule has 1 saturated heterocycles. The van der Waals surface area contributed by atoms with Gasteiger partial charge in [0.05, 0.1) is 0 Å². The van der Waals surface area contributed by atoms with E-state index in [2.05, 4.69) is 46.8 Å². The average molecular weight is 339 g/mol. The molecule has 2 heterocycles. The number of likely N-dealkylation sites (tertiary alicyclic amines) is 1. The summed E-state index contributed by atoms with van der Waals surface area (Å²) in [7, 11) is 0. The number of rotatable bonds is 1. The van der Waals surface area contributed by atoms with E-state index in [9.17, 15) is 0 Å². The highest BCUT2D eigenvalue weighted by Gasteiger charge is 2.42. The number of nitrogens with zero attached hydrogens (tertiary/aromatic N) is 1. The maximum atomic E-state index is 6.40. The SMILES string of the molecule is CC(C)N1CCC2(CC1)C[C@H](N)c1ccc(Br)cc1O2. The van der Waals surface area contributed by atoms with Crippen LogP contribution >= 0.6 is 15.9 Å². The van der Waals surface area contributed by atoms with E-state index in [0.29, 0.717) is 6.04 Å². The molecule has 1 atom stereocenters. The summed E-state index contributed by atoms with van der Waals surface area (Å²) >= 11 is 3.52. The second-order valence-electron chi connectivity index (χ2n) is 6.41. The highest BCUT2D eigenvalue weighted by atomic mass is 79.9. The number of benzene rings is 1. The number of hydrogen-bond donors (Lipinski definition) is 1. The third kappa shape index (κ3) is 2.61. The molecular formula is C16H23BrN2O. The van der Waals surface area contributed by atoms with Crippen LogP contribution in [0.2, 0.25) is 0 Å². The molecule has 0 aromatic heterocycles. The van der Waals surface area contributed by atoms with Crippen molar-refractivity contribution in [1.82, 2.24) is 4.90 Å². The van der Waals surface area contributed by atoms with Crippen LogP contribution in [0.1, 0.15) is 44.7 Å². The first-order valence-electron chi connectivity index (χ1n) is 7.47. The minimum atomic E-state index is -0.0569. The molecule has 2 N–H and O–H groups in total. The van der Waals surface area contributed by atoms with Gasteiger partial charge in [0.25, 0.3) is 0 Å². The van der Waals surface area contributed by atoms with Crippen LogP contribution in [-0.4, -0.2) is 29.6 Å². The van der Waals surface area contributed by atoms with Gasteiger partial charge < -0.3 is 15.4 Å². The predicted octanol–water partition coefficient (Wildman–Crippen LogP) is 3.47. The van der Waals surface area contributed by atoms with Crippen LogP contribution in [0.4, 0.5) is 0 Å². The van der Waals surface area contributed by atoms with Crippen LogP contribution in [0.5, 0.6) is 5.75 Å². The summed E-state index contributed by atoms with van der Waals surface area (Å²) in [4.78, 5) is 2.52. The van der Waals surface area contributed by atoms with E-state index in [1.165, 1.54) is 0 Å². The van der Waals surface area contributed by atoms with Crippen molar-refractivity contribution in [3.8, 4) is 5.75 Å². The van der Waals surface area contributed by atoms with E-state index >= 15 is 0 Å². The van der Waals surface area contributed by atoms with E-state index in [1.54, 1.807) is 0 Å². The summed E-state index contributed by atoms with van der Waals surface area (Å²) in [5.74, 6) is 0.969. The molecule has 0 bridgehead atoms. The highest BCUT2D eigenvalue weighted by molar-refractivity contribution is 9.10. The fourth-order valence-corrected chi connectivity index (χ4v) is 3.78. The molecule has 1 spiro atoms. The number of fused-ring (bicyclic) bond motifs is 1. The van der Waals surface area contributed by atoms with Gasteiger partial charge in [0.2, 0.25) is 0 Å². The van der Waals surface area contributed by atoms with E-state index in [0.717, 1.165) is 48.1 Å². The topological polar surface area (TPSA) is 38.5 Å². The van der Waals surface area contributed by atoms with Gasteiger partial charge in [-0.1, -0.05) is 22.0 Å². The predicted molar refractivity (Wildman–Crippen MR) is 85.0 cm³/mol. The molecule has 1 fully saturated rings. The van der Waals surface area contributed by atoms with Gasteiger partial charge in [-0.25, -0.2) is 0 Å². The molecule has 2 aliphatic rings. The number of nitrogens with two attached hydrogens (primary N) is 1. The Morgan fingerprint density at radius 3 is 2.70 bits per heavy atom. The minimum absolute atomic E-state index is 0.0569. The fraction of sp³-hybridized carbons (Fsp3) is 0.625. The van der Waals surface area contributed by atoms with Crippen LogP contribution in [0.25, 0.3) is 0 Å². The van der Waals surface area contributed by atoms with E-state index in [-0.39, 0.29) is 11.6 Å². The molecule has 0 aliphatic carbocycles. The number of halogens is 1. The van der Waals surface area contributed by atoms with Crippen molar-refractivity contribution in [2.75, 3.05) is 13.1 Å². The summed E-state index contributed by atoms with van der Waals surface area (Å²) in [6.07, 6.45) is 3.09. The van der Waals surface area contributed by atoms with Gasteiger partial charge in [0.1, 0.15) is 11.4 Å². The average Bonchev–Trinajstić information content (AvgIpc) is 2.38. The standard InChI is InChI=1S/C16H23BrN2O/c1-11(2)19-7-5-16(6-8-19)10-14(18)13-4-3-12(17)9-15(13)20-16/h3-4,9,11,14H,5-8,10,18H2,1-2H3/t14-/m0/s1. The van der Waals surface area contributed by atoms with Crippen molar-refractivity contribution >= 4 is 15.9 Å². The van der Waals surface area contributed by atoms with Gasteiger partial charge in [0.15, 0.2) is 0 Å². The Balaban J connectivity index is 1.81. The van der Waals surface area contributed by atoms with Gasteiger partial charge >= 0.3 is 0 Å². The summed E-state index contributed by atoms with van der Waals surface area (Å²) in [6.45, 7) is 6.73. The molecule has 1 aromatic carbocycles. The summed E-state index contributed by atoms with van der Waals surface area (Å²) < 4.78 is 7.46. The molecule has 3 rings (SSSR count). The lowest BCUT2D eigenvalue weighted by Crippen LogP contribution is -2.52. The van der Waals surface area contributed by atoms with E-state index < -0.39 is 0 Å².